The Morgan fingerprint density at radius 3 is 0.333 bits per heavy atom. The molecule has 0 aromatic heterocycles. The van der Waals surface area contributed by atoms with Crippen LogP contribution in [-0.2, 0) is 21.5 Å². The zero-order valence-electron chi connectivity index (χ0n) is 12.6. The summed E-state index contributed by atoms with van der Waals surface area (Å²) in [6.07, 6.45) is 0. The van der Waals surface area contributed by atoms with Crippen LogP contribution in [0.25, 0.3) is 0 Å². The second kappa shape index (κ2) is 6.70. The van der Waals surface area contributed by atoms with Gasteiger partial charge in [-0.15, -0.1) is 0 Å². The first-order chi connectivity index (χ1) is 11.9. The Bertz CT molecular complexity index is 882. The molecular formula is C12Fe2N12U. The Morgan fingerprint density at radius 2 is 0.333 bits per heavy atom. The van der Waals surface area contributed by atoms with E-state index >= 15 is 0 Å². The van der Waals surface area contributed by atoms with E-state index in [1.54, 1.807) is 0 Å². The van der Waals surface area contributed by atoms with Gasteiger partial charge < -0.3 is 0 Å². The maximum Gasteiger partial charge on any atom is 6.00 e. The topological polar surface area (TPSA) is 285 Å². The van der Waals surface area contributed by atoms with Crippen molar-refractivity contribution in [1.82, 2.24) is 0 Å². The van der Waals surface area contributed by atoms with Crippen LogP contribution in [0.15, 0.2) is 0 Å². The molecule has 0 spiro atoms. The maximum absolute atomic E-state index is 8.58. The molecule has 0 amide bonds. The van der Waals surface area contributed by atoms with Gasteiger partial charge in [0.2, 0.25) is 0 Å². The van der Waals surface area contributed by atoms with Crippen LogP contribution in [0, 0.1) is 154 Å². The van der Waals surface area contributed by atoms with Crippen molar-refractivity contribution in [2.45, 2.75) is 0 Å². The normalized spacial score (nSPS) is 12.9. The number of rotatable bonds is 0. The van der Waals surface area contributed by atoms with Crippen molar-refractivity contribution >= 4 is 0 Å². The van der Waals surface area contributed by atoms with Gasteiger partial charge in [-0.1, -0.05) is 0 Å². The molecule has 12 nitrogen and oxygen atoms in total. The summed E-state index contributed by atoms with van der Waals surface area (Å²) in [4.78, 5) is 12.4. The van der Waals surface area contributed by atoms with E-state index in [0.717, 1.165) is 59.6 Å². The van der Waals surface area contributed by atoms with Gasteiger partial charge in [0.1, 0.15) is 0 Å². The number of hydrogen-bond acceptors (Lipinski definition) is 12. The smallest absolute Gasteiger partial charge is 6.00 e. The van der Waals surface area contributed by atoms with Crippen LogP contribution >= 0.6 is 0 Å². The summed E-state index contributed by atoms with van der Waals surface area (Å²) < 4.78 is 0. The van der Waals surface area contributed by atoms with Gasteiger partial charge in [0.25, 0.3) is 0 Å². The molecule has 0 saturated heterocycles. The Kier molecular flexibility index (Phi) is 6.90. The summed E-state index contributed by atoms with van der Waals surface area (Å²) in [5, 5.41) is 103. The molecule has 128 valence electrons. The van der Waals surface area contributed by atoms with Crippen molar-refractivity contribution in [2.24, 2.45) is 0 Å². The van der Waals surface area contributed by atoms with E-state index < -0.39 is 21.5 Å². The summed E-state index contributed by atoms with van der Waals surface area (Å²) in [5.74, 6) is 0. The third-order valence-electron chi connectivity index (χ3n) is 2.37. The molecule has 0 saturated carbocycles. The van der Waals surface area contributed by atoms with E-state index in [0.29, 0.717) is 0 Å². The van der Waals surface area contributed by atoms with E-state index in [2.05, 4.69) is 0 Å². The van der Waals surface area contributed by atoms with E-state index in [1.165, 1.54) is 0 Å². The molecule has 0 rings (SSSR count). The fourth-order valence-corrected chi connectivity index (χ4v) is 2.19. The fourth-order valence-electron chi connectivity index (χ4n) is 0.530. The molecule has 27 heavy (non-hydrogen) atoms. The summed E-state index contributed by atoms with van der Waals surface area (Å²) in [6.45, 7) is 0. The molecular weight excluding hydrogens is 662 g/mol. The van der Waals surface area contributed by atoms with Crippen LogP contribution in [0.1, 0.15) is 0 Å². The van der Waals surface area contributed by atoms with Crippen LogP contribution in [-0.4, -0.2) is 0 Å². The predicted octanol–water partition coefficient (Wildman–Crippen LogP) is 0.196. The Labute approximate surface area is 174 Å². The first-order valence-electron chi connectivity index (χ1n) is 4.80. The molecule has 0 aliphatic carbocycles. The van der Waals surface area contributed by atoms with Crippen LogP contribution in [0.3, 0.4) is 0 Å². The molecule has 0 aromatic rings. The minimum absolute atomic E-state index is 0. The summed E-state index contributed by atoms with van der Waals surface area (Å²) in [7, 11) is -12.3. The largest absolute Gasteiger partial charge is 6.00 e. The van der Waals surface area contributed by atoms with Crippen LogP contribution in [0.5, 0.6) is 0 Å². The van der Waals surface area contributed by atoms with Crippen molar-refractivity contribution in [2.75, 3.05) is 0 Å². The maximum atomic E-state index is 8.58. The monoisotopic (exact) mass is 662 g/mol. The van der Waals surface area contributed by atoms with Crippen molar-refractivity contribution in [1.29, 1.82) is 63.1 Å². The zero-order valence-corrected chi connectivity index (χ0v) is 18.9. The quantitative estimate of drug-likeness (QED) is 0.314. The van der Waals surface area contributed by atoms with Gasteiger partial charge in [0, 0.05) is 0 Å². The van der Waals surface area contributed by atoms with Gasteiger partial charge in [-0.05, 0) is 0 Å². The Balaban J connectivity index is -0.000000411. The van der Waals surface area contributed by atoms with Crippen molar-refractivity contribution in [3.8, 4) is 59.6 Å². The average molecular weight is 662 g/mol. The Morgan fingerprint density at radius 1 is 0.259 bits per heavy atom. The van der Waals surface area contributed by atoms with Crippen molar-refractivity contribution < 1.29 is 52.6 Å². The first-order valence-corrected chi connectivity index (χ1v) is 11.4. The van der Waals surface area contributed by atoms with E-state index in [1.807, 2.05) is 0 Å². The molecule has 0 aliphatic rings. The SMILES string of the molecule is N#[C][Fe-3]([C]#N)([C]#N)([C]#N)([C]#N)[C]#N.N#[C][Fe-3]([C]#N)([C]#N)([C]#N)([C]#N)[C]#N.[U+6]. The number of nitriles is 12. The third kappa shape index (κ3) is 2.80. The van der Waals surface area contributed by atoms with Crippen LogP contribution in [0.2, 0.25) is 0 Å². The molecule has 0 unspecified atom stereocenters. The fraction of sp³-hybridized carbons (Fsp3) is 0. The summed E-state index contributed by atoms with van der Waals surface area (Å²) in [5.41, 5.74) is 0. The summed E-state index contributed by atoms with van der Waals surface area (Å²) in [6, 6.07) is 0. The average Bonchev–Trinajstić information content (AvgIpc) is 2.77. The zero-order chi connectivity index (χ0) is 21.3. The predicted molar refractivity (Wildman–Crippen MR) is 67.4 cm³/mol. The second-order valence-electron chi connectivity index (χ2n) is 3.60. The molecule has 0 aromatic carbocycles. The standard InChI is InChI=1S/12CN.2Fe.U/c12*1-2;;;/q;;;;;;;;;;;;2*-3;+6. The summed E-state index contributed by atoms with van der Waals surface area (Å²) >= 11 is 0. The molecule has 0 N–H and O–H groups in total. The van der Waals surface area contributed by atoms with E-state index in [4.69, 9.17) is 63.1 Å². The molecule has 0 bridgehead atoms. The molecule has 0 atom stereocenters. The Hall–Kier alpha value is -4.03. The molecule has 0 aliphatic heterocycles. The minimum Gasteiger partial charge on any atom is 6.00 e. The molecule has 15 heteroatoms. The van der Waals surface area contributed by atoms with Crippen molar-refractivity contribution in [3.63, 3.8) is 0 Å². The van der Waals surface area contributed by atoms with Crippen LogP contribution in [0.4, 0.5) is 0 Å². The van der Waals surface area contributed by atoms with E-state index in [9.17, 15) is 0 Å². The molecule has 0 fully saturated rings. The van der Waals surface area contributed by atoms with Gasteiger partial charge >= 0.3 is 175 Å². The van der Waals surface area contributed by atoms with Gasteiger partial charge in [0.05, 0.1) is 0 Å². The first kappa shape index (κ1) is 27.8. The second-order valence-corrected chi connectivity index (χ2v) is 14.8. The van der Waals surface area contributed by atoms with Crippen molar-refractivity contribution in [3.05, 3.63) is 0 Å². The van der Waals surface area contributed by atoms with Gasteiger partial charge in [0.15, 0.2) is 0 Å². The molecule has 0 radical (unpaired) electrons. The van der Waals surface area contributed by atoms with E-state index in [-0.39, 0.29) is 31.1 Å². The minimum atomic E-state index is -6.17. The van der Waals surface area contributed by atoms with Gasteiger partial charge in [-0.25, -0.2) is 0 Å². The number of nitrogens with zero attached hydrogens (tertiary/aromatic N) is 12. The molecule has 0 heterocycles. The number of hydrogen-bond donors (Lipinski definition) is 0. The van der Waals surface area contributed by atoms with Gasteiger partial charge in [-0.2, -0.15) is 0 Å². The van der Waals surface area contributed by atoms with Gasteiger partial charge in [-0.3, -0.25) is 0 Å². The third-order valence-corrected chi connectivity index (χ3v) is 9.78. The van der Waals surface area contributed by atoms with Crippen LogP contribution < -0.4 is 0 Å².